The van der Waals surface area contributed by atoms with Gasteiger partial charge in [-0.05, 0) is 17.7 Å². The molecule has 0 spiro atoms. The third kappa shape index (κ3) is 3.44. The second-order valence-corrected chi connectivity index (χ2v) is 4.65. The molecule has 0 saturated carbocycles. The van der Waals surface area contributed by atoms with Crippen LogP contribution in [-0.4, -0.2) is 58.9 Å². The van der Waals surface area contributed by atoms with Gasteiger partial charge in [0.1, 0.15) is 11.3 Å². The molecule has 4 N–H and O–H groups in total. The van der Waals surface area contributed by atoms with Crippen molar-refractivity contribution in [1.82, 2.24) is 10.2 Å². The quantitative estimate of drug-likeness (QED) is 0.614. The molecule has 1 fully saturated rings. The van der Waals surface area contributed by atoms with Gasteiger partial charge in [-0.15, -0.1) is 0 Å². The van der Waals surface area contributed by atoms with Crippen molar-refractivity contribution >= 4 is 5.97 Å². The van der Waals surface area contributed by atoms with Crippen LogP contribution in [0.3, 0.4) is 0 Å². The Morgan fingerprint density at radius 1 is 1.37 bits per heavy atom. The largest absolute Gasteiger partial charge is 0.507 e. The third-order valence-electron chi connectivity index (χ3n) is 3.28. The summed E-state index contributed by atoms with van der Waals surface area (Å²) >= 11 is 0. The summed E-state index contributed by atoms with van der Waals surface area (Å²) in [6.45, 7) is 3.97. The number of carboxylic acids is 1. The van der Waals surface area contributed by atoms with Crippen LogP contribution in [0.4, 0.5) is 0 Å². The number of aromatic carboxylic acids is 1. The summed E-state index contributed by atoms with van der Waals surface area (Å²) in [5.74, 6) is -1.49. The predicted octanol–water partition coefficient (Wildman–Crippen LogP) is 0.0290. The topological polar surface area (TPSA) is 93.0 Å². The number of nitrogens with one attached hydrogen (secondary N) is 1. The number of hydrogen-bond donors (Lipinski definition) is 4. The van der Waals surface area contributed by atoms with Gasteiger partial charge in [0.2, 0.25) is 0 Å². The van der Waals surface area contributed by atoms with Crippen LogP contribution in [0.25, 0.3) is 0 Å². The highest BCUT2D eigenvalue weighted by atomic mass is 16.4. The summed E-state index contributed by atoms with van der Waals surface area (Å²) < 4.78 is 0. The predicted molar refractivity (Wildman–Crippen MR) is 69.3 cm³/mol. The maximum atomic E-state index is 10.9. The Morgan fingerprint density at radius 2 is 2.05 bits per heavy atom. The fourth-order valence-corrected chi connectivity index (χ4v) is 2.18. The Balaban J connectivity index is 2.07. The fourth-order valence-electron chi connectivity index (χ4n) is 2.18. The maximum Gasteiger partial charge on any atom is 0.339 e. The summed E-state index contributed by atoms with van der Waals surface area (Å²) in [5, 5.41) is 31.7. The second-order valence-electron chi connectivity index (χ2n) is 4.65. The molecule has 0 aliphatic carbocycles. The van der Waals surface area contributed by atoms with Gasteiger partial charge in [-0.3, -0.25) is 4.90 Å². The van der Waals surface area contributed by atoms with E-state index in [-0.39, 0.29) is 11.3 Å². The van der Waals surface area contributed by atoms with E-state index in [0.29, 0.717) is 12.1 Å². The standard InChI is InChI=1S/C13H18N2O4/c16-11-2-1-9(7-10(11)13(18)19)12(17)8-15-5-3-14-4-6-15/h1-2,7,12,14,16-17H,3-6,8H2,(H,18,19). The minimum Gasteiger partial charge on any atom is -0.507 e. The van der Waals surface area contributed by atoms with E-state index in [1.54, 1.807) is 6.07 Å². The number of aliphatic hydroxyl groups is 1. The van der Waals surface area contributed by atoms with E-state index in [1.165, 1.54) is 12.1 Å². The van der Waals surface area contributed by atoms with Crippen LogP contribution in [0.1, 0.15) is 22.0 Å². The minimum atomic E-state index is -1.20. The lowest BCUT2D eigenvalue weighted by Crippen LogP contribution is -2.44. The highest BCUT2D eigenvalue weighted by molar-refractivity contribution is 5.90. The van der Waals surface area contributed by atoms with Crippen LogP contribution in [0.2, 0.25) is 0 Å². The van der Waals surface area contributed by atoms with Crippen LogP contribution in [0.15, 0.2) is 18.2 Å². The first-order valence-electron chi connectivity index (χ1n) is 6.25. The number of rotatable bonds is 4. The molecular weight excluding hydrogens is 248 g/mol. The van der Waals surface area contributed by atoms with Crippen molar-refractivity contribution in [3.63, 3.8) is 0 Å². The third-order valence-corrected chi connectivity index (χ3v) is 3.28. The van der Waals surface area contributed by atoms with Crippen LogP contribution in [0.5, 0.6) is 5.75 Å². The van der Waals surface area contributed by atoms with Crippen LogP contribution in [-0.2, 0) is 0 Å². The molecule has 6 nitrogen and oxygen atoms in total. The van der Waals surface area contributed by atoms with Gasteiger partial charge >= 0.3 is 5.97 Å². The number of benzene rings is 1. The molecule has 6 heteroatoms. The van der Waals surface area contributed by atoms with E-state index in [9.17, 15) is 15.0 Å². The van der Waals surface area contributed by atoms with Crippen LogP contribution >= 0.6 is 0 Å². The normalized spacial score (nSPS) is 18.2. The number of carboxylic acid groups (broad SMARTS) is 1. The van der Waals surface area contributed by atoms with Gasteiger partial charge in [0.05, 0.1) is 6.10 Å². The molecule has 0 bridgehead atoms. The van der Waals surface area contributed by atoms with Crippen LogP contribution in [0, 0.1) is 0 Å². The number of aromatic hydroxyl groups is 1. The number of nitrogens with zero attached hydrogens (tertiary/aromatic N) is 1. The number of phenols is 1. The smallest absolute Gasteiger partial charge is 0.339 e. The summed E-state index contributed by atoms with van der Waals surface area (Å²) in [4.78, 5) is 13.0. The van der Waals surface area contributed by atoms with Gasteiger partial charge in [-0.2, -0.15) is 0 Å². The van der Waals surface area contributed by atoms with Crippen molar-refractivity contribution < 1.29 is 20.1 Å². The Bertz CT molecular complexity index is 458. The Labute approximate surface area is 111 Å². The lowest BCUT2D eigenvalue weighted by Gasteiger charge is -2.29. The Hall–Kier alpha value is -1.63. The maximum absolute atomic E-state index is 10.9. The highest BCUT2D eigenvalue weighted by Gasteiger charge is 2.18. The van der Waals surface area contributed by atoms with Gasteiger partial charge in [0.25, 0.3) is 0 Å². The van der Waals surface area contributed by atoms with E-state index in [4.69, 9.17) is 5.11 Å². The lowest BCUT2D eigenvalue weighted by molar-refractivity contribution is 0.0693. The first-order chi connectivity index (χ1) is 9.08. The van der Waals surface area contributed by atoms with E-state index >= 15 is 0 Å². The van der Waals surface area contributed by atoms with Crippen molar-refractivity contribution in [3.8, 4) is 5.75 Å². The summed E-state index contributed by atoms with van der Waals surface area (Å²) in [7, 11) is 0. The summed E-state index contributed by atoms with van der Waals surface area (Å²) in [5.41, 5.74) is 0.325. The first-order valence-corrected chi connectivity index (χ1v) is 6.25. The van der Waals surface area contributed by atoms with Gasteiger partial charge in [-0.25, -0.2) is 4.79 Å². The van der Waals surface area contributed by atoms with E-state index in [0.717, 1.165) is 26.2 Å². The molecule has 0 radical (unpaired) electrons. The van der Waals surface area contributed by atoms with Crippen molar-refractivity contribution in [2.24, 2.45) is 0 Å². The van der Waals surface area contributed by atoms with Crippen molar-refractivity contribution in [3.05, 3.63) is 29.3 Å². The number of β-amino-alcohol motifs (C(OH)–C–C–N with tert-alkyl or cyclic N) is 1. The second kappa shape index (κ2) is 6.01. The zero-order valence-corrected chi connectivity index (χ0v) is 10.5. The molecule has 1 aliphatic rings. The zero-order valence-electron chi connectivity index (χ0n) is 10.5. The van der Waals surface area contributed by atoms with Crippen LogP contribution < -0.4 is 5.32 Å². The molecule has 104 valence electrons. The molecule has 1 aliphatic heterocycles. The summed E-state index contributed by atoms with van der Waals surface area (Å²) in [6.07, 6.45) is -0.753. The van der Waals surface area contributed by atoms with Gasteiger partial charge in [0, 0.05) is 32.7 Å². The molecular formula is C13H18N2O4. The Kier molecular flexibility index (Phi) is 4.36. The van der Waals surface area contributed by atoms with Crippen molar-refractivity contribution in [1.29, 1.82) is 0 Å². The Morgan fingerprint density at radius 3 is 2.68 bits per heavy atom. The average Bonchev–Trinajstić information content (AvgIpc) is 2.40. The number of piperazine rings is 1. The molecule has 1 unspecified atom stereocenters. The fraction of sp³-hybridized carbons (Fsp3) is 0.462. The number of hydrogen-bond acceptors (Lipinski definition) is 5. The molecule has 1 aromatic carbocycles. The molecule has 1 heterocycles. The van der Waals surface area contributed by atoms with Crippen molar-refractivity contribution in [2.75, 3.05) is 32.7 Å². The van der Waals surface area contributed by atoms with E-state index in [1.807, 2.05) is 0 Å². The molecule has 2 rings (SSSR count). The van der Waals surface area contributed by atoms with E-state index < -0.39 is 12.1 Å². The van der Waals surface area contributed by atoms with Gasteiger partial charge < -0.3 is 20.6 Å². The van der Waals surface area contributed by atoms with Gasteiger partial charge in [-0.1, -0.05) is 6.07 Å². The molecule has 1 atom stereocenters. The van der Waals surface area contributed by atoms with Gasteiger partial charge in [0.15, 0.2) is 0 Å². The monoisotopic (exact) mass is 266 g/mol. The molecule has 1 saturated heterocycles. The molecule has 19 heavy (non-hydrogen) atoms. The molecule has 0 amide bonds. The summed E-state index contributed by atoms with van der Waals surface area (Å²) in [6, 6.07) is 4.18. The average molecular weight is 266 g/mol. The zero-order chi connectivity index (χ0) is 13.8. The lowest BCUT2D eigenvalue weighted by atomic mass is 10.0. The molecule has 1 aromatic rings. The number of carbonyl (C=O) groups is 1. The highest BCUT2D eigenvalue weighted by Crippen LogP contribution is 2.23. The first kappa shape index (κ1) is 13.8. The van der Waals surface area contributed by atoms with E-state index in [2.05, 4.69) is 10.2 Å². The number of aliphatic hydroxyl groups excluding tert-OH is 1. The SMILES string of the molecule is O=C(O)c1cc(C(O)CN2CCNCC2)ccc1O. The van der Waals surface area contributed by atoms with Crippen molar-refractivity contribution in [2.45, 2.75) is 6.10 Å². The minimum absolute atomic E-state index is 0.183. The molecule has 0 aromatic heterocycles.